The normalized spacial score (nSPS) is 23.4. The van der Waals surface area contributed by atoms with Crippen LogP contribution in [-0.4, -0.2) is 84.9 Å². The molecule has 1 saturated heterocycles. The number of likely N-dealkylation sites (tertiary alicyclic amines) is 1. The van der Waals surface area contributed by atoms with Crippen LogP contribution < -0.4 is 15.4 Å². The number of carbonyl (C=O) groups excluding carboxylic acids is 4. The van der Waals surface area contributed by atoms with Crippen LogP contribution in [0.25, 0.3) is 11.0 Å². The molecule has 0 unspecified atom stereocenters. The zero-order chi connectivity index (χ0) is 39.4. The predicted octanol–water partition coefficient (Wildman–Crippen LogP) is 6.54. The second-order valence-electron chi connectivity index (χ2n) is 16.4. The number of nitrogens with one attached hydrogen (secondary N) is 3. The fraction of sp³-hybridized carbons (Fsp3) is 0.692. The molecule has 0 bridgehead atoms. The second-order valence-corrected chi connectivity index (χ2v) is 18.1. The number of rotatable bonds is 12. The minimum absolute atomic E-state index is 0.0166. The Hall–Kier alpha value is -3.72. The van der Waals surface area contributed by atoms with E-state index in [0.29, 0.717) is 54.8 Å². The Morgan fingerprint density at radius 3 is 2.30 bits per heavy atom. The van der Waals surface area contributed by atoms with Crippen molar-refractivity contribution in [1.29, 1.82) is 0 Å². The molecule has 0 radical (unpaired) electrons. The molecule has 2 heterocycles. The van der Waals surface area contributed by atoms with E-state index >= 15 is 0 Å². The first-order chi connectivity index (χ1) is 25.5. The number of fused-ring (bicyclic) bond motifs is 1. The van der Waals surface area contributed by atoms with Gasteiger partial charge in [-0.25, -0.2) is 13.9 Å². The van der Waals surface area contributed by atoms with E-state index in [1.165, 1.54) is 16.8 Å². The Bertz CT molecular complexity index is 1760. The maximum absolute atomic E-state index is 14.2. The summed E-state index contributed by atoms with van der Waals surface area (Å²) in [6.45, 7) is 10.3. The number of carbonyl (C=O) groups is 4. The molecule has 54 heavy (non-hydrogen) atoms. The van der Waals surface area contributed by atoms with Gasteiger partial charge in [-0.1, -0.05) is 39.0 Å². The number of benzene rings is 1. The molecule has 15 heteroatoms. The number of hydrogen-bond donors (Lipinski definition) is 3. The summed E-state index contributed by atoms with van der Waals surface area (Å²) in [4.78, 5) is 55.5. The number of furan rings is 1. The first-order valence-corrected chi connectivity index (χ1v) is 21.0. The van der Waals surface area contributed by atoms with Gasteiger partial charge in [0.15, 0.2) is 5.76 Å². The van der Waals surface area contributed by atoms with Gasteiger partial charge in [0.05, 0.1) is 6.04 Å². The van der Waals surface area contributed by atoms with Crippen LogP contribution in [0.2, 0.25) is 0 Å². The molecule has 5 rings (SSSR count). The van der Waals surface area contributed by atoms with Crippen LogP contribution >= 0.6 is 0 Å². The molecule has 3 aliphatic rings. The van der Waals surface area contributed by atoms with E-state index in [4.69, 9.17) is 9.15 Å². The van der Waals surface area contributed by atoms with E-state index < -0.39 is 46.6 Å². The van der Waals surface area contributed by atoms with Gasteiger partial charge in [-0.2, -0.15) is 12.7 Å². The lowest BCUT2D eigenvalue weighted by Gasteiger charge is -2.37. The number of halogens is 1. The van der Waals surface area contributed by atoms with Gasteiger partial charge in [0.1, 0.15) is 23.9 Å². The lowest BCUT2D eigenvalue weighted by Crippen LogP contribution is -2.50. The highest BCUT2D eigenvalue weighted by molar-refractivity contribution is 7.87. The summed E-state index contributed by atoms with van der Waals surface area (Å²) in [7, 11) is -4.09. The Morgan fingerprint density at radius 2 is 1.69 bits per heavy atom. The van der Waals surface area contributed by atoms with Gasteiger partial charge < -0.3 is 24.7 Å². The van der Waals surface area contributed by atoms with Crippen molar-refractivity contribution in [2.24, 2.45) is 23.7 Å². The van der Waals surface area contributed by atoms with E-state index in [9.17, 15) is 32.0 Å². The van der Waals surface area contributed by atoms with Crippen molar-refractivity contribution in [3.63, 3.8) is 0 Å². The van der Waals surface area contributed by atoms with Crippen LogP contribution in [0.15, 0.2) is 28.7 Å². The average Bonchev–Trinajstić information content (AvgIpc) is 3.75. The number of alkyl halides is 1. The van der Waals surface area contributed by atoms with Crippen molar-refractivity contribution in [3.05, 3.63) is 30.0 Å². The fourth-order valence-electron chi connectivity index (χ4n) is 8.69. The number of amides is 4. The molecule has 2 aromatic rings. The maximum Gasteiger partial charge on any atom is 0.407 e. The standard InChI is InChI=1S/C39H58FN5O8S/c1-7-45(24(2)3)54(50,51)43-35(46)33-22-28-21-29(17-18-32(28)52-33)41-36(47)34-30(25-11-9-8-10-12-25)19-20-44(34)37(48)27-15-13-26(14-16-27)31(23-40)42-38(49)53-39(4,5)6/h17-18,21-22,24-27,30-31,34H,7-16,19-20,23H2,1-6H3,(H,41,47)(H,42,49)(H,43,46)/t26?,27?,30-,31+,34-/m0/s1. The number of nitrogens with zero attached hydrogens (tertiary/aromatic N) is 2. The maximum atomic E-state index is 14.2. The van der Waals surface area contributed by atoms with Crippen molar-refractivity contribution in [2.75, 3.05) is 25.1 Å². The van der Waals surface area contributed by atoms with E-state index in [1.807, 2.05) is 0 Å². The molecule has 1 aromatic carbocycles. The zero-order valence-corrected chi connectivity index (χ0v) is 33.3. The summed E-state index contributed by atoms with van der Waals surface area (Å²) in [5.74, 6) is -1.50. The largest absolute Gasteiger partial charge is 0.451 e. The topological polar surface area (TPSA) is 167 Å². The minimum atomic E-state index is -4.09. The summed E-state index contributed by atoms with van der Waals surface area (Å²) >= 11 is 0. The molecular weight excluding hydrogens is 718 g/mol. The molecule has 0 spiro atoms. The van der Waals surface area contributed by atoms with Crippen LogP contribution in [0.3, 0.4) is 0 Å². The van der Waals surface area contributed by atoms with Crippen LogP contribution in [0.4, 0.5) is 14.9 Å². The lowest BCUT2D eigenvalue weighted by atomic mass is 9.76. The fourth-order valence-corrected chi connectivity index (χ4v) is 10.0. The SMILES string of the molecule is CCN(C(C)C)S(=O)(=O)NC(=O)c1cc2cc(NC(=O)[C@@H]3[C@H](C4CCCCC4)CCN3C(=O)C3CCC([C@@H](CF)NC(=O)OC(C)(C)C)CC3)ccc2o1. The van der Waals surface area contributed by atoms with E-state index in [0.717, 1.165) is 32.1 Å². The molecule has 3 atom stereocenters. The van der Waals surface area contributed by atoms with Gasteiger partial charge in [0.25, 0.3) is 0 Å². The van der Waals surface area contributed by atoms with Crippen molar-refractivity contribution >= 4 is 50.7 Å². The van der Waals surface area contributed by atoms with Crippen molar-refractivity contribution in [3.8, 4) is 0 Å². The quantitative estimate of drug-likeness (QED) is 0.219. The van der Waals surface area contributed by atoms with Gasteiger partial charge >= 0.3 is 22.2 Å². The van der Waals surface area contributed by atoms with Gasteiger partial charge in [-0.15, -0.1) is 0 Å². The number of anilines is 1. The molecule has 1 aliphatic heterocycles. The smallest absolute Gasteiger partial charge is 0.407 e. The second kappa shape index (κ2) is 17.4. The van der Waals surface area contributed by atoms with Crippen LogP contribution in [-0.2, 0) is 24.5 Å². The summed E-state index contributed by atoms with van der Waals surface area (Å²) in [6, 6.07) is 4.67. The summed E-state index contributed by atoms with van der Waals surface area (Å²) in [5.41, 5.74) is 0.104. The first-order valence-electron chi connectivity index (χ1n) is 19.6. The zero-order valence-electron chi connectivity index (χ0n) is 32.5. The van der Waals surface area contributed by atoms with Gasteiger partial charge in [0, 0.05) is 36.1 Å². The molecule has 2 saturated carbocycles. The lowest BCUT2D eigenvalue weighted by molar-refractivity contribution is -0.142. The van der Waals surface area contributed by atoms with Crippen molar-refractivity contribution in [2.45, 2.75) is 129 Å². The average molecular weight is 776 g/mol. The van der Waals surface area contributed by atoms with Gasteiger partial charge in [-0.3, -0.25) is 14.4 Å². The van der Waals surface area contributed by atoms with Crippen molar-refractivity contribution in [1.82, 2.24) is 19.2 Å². The van der Waals surface area contributed by atoms with Crippen molar-refractivity contribution < 1.29 is 41.1 Å². The summed E-state index contributed by atoms with van der Waals surface area (Å²) in [6.07, 6.45) is 7.71. The first kappa shape index (κ1) is 41.4. The summed E-state index contributed by atoms with van der Waals surface area (Å²) < 4.78 is 53.9. The highest BCUT2D eigenvalue weighted by Crippen LogP contribution is 2.41. The summed E-state index contributed by atoms with van der Waals surface area (Å²) in [5, 5.41) is 6.22. The molecule has 13 nitrogen and oxygen atoms in total. The third-order valence-corrected chi connectivity index (χ3v) is 13.0. The molecule has 4 amide bonds. The van der Waals surface area contributed by atoms with E-state index in [1.54, 1.807) is 64.6 Å². The minimum Gasteiger partial charge on any atom is -0.451 e. The van der Waals surface area contributed by atoms with E-state index in [-0.39, 0.29) is 47.9 Å². The third-order valence-electron chi connectivity index (χ3n) is 11.2. The molecule has 3 fully saturated rings. The third kappa shape index (κ3) is 9.92. The van der Waals surface area contributed by atoms with E-state index in [2.05, 4.69) is 15.4 Å². The van der Waals surface area contributed by atoms with Gasteiger partial charge in [0.2, 0.25) is 11.8 Å². The molecular formula is C39H58FN5O8S. The Morgan fingerprint density at radius 1 is 1.00 bits per heavy atom. The Labute approximate surface area is 318 Å². The molecule has 300 valence electrons. The van der Waals surface area contributed by atoms with Crippen LogP contribution in [0.5, 0.6) is 0 Å². The Balaban J connectivity index is 1.28. The molecule has 1 aromatic heterocycles. The Kier molecular flexibility index (Phi) is 13.3. The monoisotopic (exact) mass is 775 g/mol. The predicted molar refractivity (Wildman–Crippen MR) is 204 cm³/mol. The highest BCUT2D eigenvalue weighted by atomic mass is 32.2. The van der Waals surface area contributed by atoms with Crippen LogP contribution in [0, 0.1) is 23.7 Å². The number of hydrogen-bond acceptors (Lipinski definition) is 8. The molecule has 3 N–H and O–H groups in total. The van der Waals surface area contributed by atoms with Gasteiger partial charge in [-0.05, 0) is 109 Å². The van der Waals surface area contributed by atoms with Crippen LogP contribution in [0.1, 0.15) is 116 Å². The molecule has 2 aliphatic carbocycles. The highest BCUT2D eigenvalue weighted by Gasteiger charge is 2.47. The number of ether oxygens (including phenoxy) is 1. The number of alkyl carbamates (subject to hydrolysis) is 1.